The summed E-state index contributed by atoms with van der Waals surface area (Å²) in [7, 11) is 0. The fourth-order valence-corrected chi connectivity index (χ4v) is 2.60. The van der Waals surface area contributed by atoms with Crippen LogP contribution < -0.4 is 0 Å². The average molecular weight is 296 g/mol. The van der Waals surface area contributed by atoms with E-state index in [2.05, 4.69) is 29.8 Å². The van der Waals surface area contributed by atoms with Crippen LogP contribution in [0.1, 0.15) is 25.0 Å². The smallest absolute Gasteiger partial charge is 0.0477 e. The van der Waals surface area contributed by atoms with Gasteiger partial charge in [-0.2, -0.15) is 0 Å². The lowest BCUT2D eigenvalue weighted by Gasteiger charge is -2.12. The van der Waals surface area contributed by atoms with Gasteiger partial charge >= 0.3 is 0 Å². The normalized spacial score (nSPS) is 11.0. The molecule has 0 aliphatic heterocycles. The van der Waals surface area contributed by atoms with E-state index in [0.29, 0.717) is 11.8 Å². The lowest BCUT2D eigenvalue weighted by atomic mass is 9.99. The molecule has 0 atom stereocenters. The van der Waals surface area contributed by atoms with Crippen LogP contribution in [-0.2, 0) is 12.3 Å². The van der Waals surface area contributed by atoms with Gasteiger partial charge in [-0.25, -0.2) is 0 Å². The molecule has 1 aromatic rings. The fraction of sp³-hybridized carbons (Fsp3) is 0.455. The predicted octanol–water partition coefficient (Wildman–Crippen LogP) is 5.04. The third-order valence-electron chi connectivity index (χ3n) is 2.01. The lowest BCUT2D eigenvalue weighted by molar-refractivity contribution is 0.644. The van der Waals surface area contributed by atoms with Crippen molar-refractivity contribution in [3.05, 3.63) is 32.8 Å². The van der Waals surface area contributed by atoms with Gasteiger partial charge in [0, 0.05) is 15.4 Å². The van der Waals surface area contributed by atoms with Crippen LogP contribution in [0.3, 0.4) is 0 Å². The molecule has 0 saturated carbocycles. The summed E-state index contributed by atoms with van der Waals surface area (Å²) < 4.78 is 0.991. The molecule has 0 nitrogen and oxygen atoms in total. The highest BCUT2D eigenvalue weighted by Crippen LogP contribution is 2.28. The molecule has 1 rings (SSSR count). The van der Waals surface area contributed by atoms with Crippen molar-refractivity contribution in [3.63, 3.8) is 0 Å². The highest BCUT2D eigenvalue weighted by atomic mass is 79.9. The molecule has 0 heterocycles. The second-order valence-corrected chi connectivity index (χ2v) is 5.35. The Morgan fingerprint density at radius 3 is 2.50 bits per heavy atom. The SMILES string of the molecule is CC(C)Cc1c(Cl)cc(Br)cc1CCl. The van der Waals surface area contributed by atoms with E-state index in [1.807, 2.05) is 12.1 Å². The molecule has 0 aliphatic rings. The summed E-state index contributed by atoms with van der Waals surface area (Å²) in [6, 6.07) is 3.96. The zero-order valence-corrected chi connectivity index (χ0v) is 11.4. The number of rotatable bonds is 3. The first kappa shape index (κ1) is 12.4. The minimum atomic E-state index is 0.515. The van der Waals surface area contributed by atoms with Gasteiger partial charge in [-0.05, 0) is 35.6 Å². The molecule has 0 bridgehead atoms. The number of halogens is 3. The highest BCUT2D eigenvalue weighted by Gasteiger charge is 2.09. The maximum atomic E-state index is 6.17. The van der Waals surface area contributed by atoms with Crippen LogP contribution in [0.5, 0.6) is 0 Å². The Kier molecular flexibility index (Phi) is 4.75. The summed E-state index contributed by atoms with van der Waals surface area (Å²) in [4.78, 5) is 0. The van der Waals surface area contributed by atoms with Crippen molar-refractivity contribution < 1.29 is 0 Å². The third kappa shape index (κ3) is 3.15. The Morgan fingerprint density at radius 1 is 1.36 bits per heavy atom. The van der Waals surface area contributed by atoms with E-state index in [9.17, 15) is 0 Å². The molecule has 0 N–H and O–H groups in total. The Labute approximate surface area is 104 Å². The van der Waals surface area contributed by atoms with Crippen molar-refractivity contribution in [1.82, 2.24) is 0 Å². The Morgan fingerprint density at radius 2 is 2.00 bits per heavy atom. The van der Waals surface area contributed by atoms with E-state index < -0.39 is 0 Å². The predicted molar refractivity (Wildman–Crippen MR) is 67.3 cm³/mol. The van der Waals surface area contributed by atoms with Gasteiger partial charge in [-0.15, -0.1) is 11.6 Å². The largest absolute Gasteiger partial charge is 0.122 e. The van der Waals surface area contributed by atoms with Gasteiger partial charge in [0.05, 0.1) is 0 Å². The van der Waals surface area contributed by atoms with Gasteiger partial charge in [0.15, 0.2) is 0 Å². The minimum absolute atomic E-state index is 0.515. The molecular formula is C11H13BrCl2. The van der Waals surface area contributed by atoms with Crippen LogP contribution in [0, 0.1) is 5.92 Å². The van der Waals surface area contributed by atoms with Crippen molar-refractivity contribution in [3.8, 4) is 0 Å². The van der Waals surface area contributed by atoms with E-state index in [-0.39, 0.29) is 0 Å². The molecule has 0 aliphatic carbocycles. The van der Waals surface area contributed by atoms with Gasteiger partial charge < -0.3 is 0 Å². The molecule has 0 amide bonds. The second kappa shape index (κ2) is 5.39. The van der Waals surface area contributed by atoms with Crippen LogP contribution in [0.4, 0.5) is 0 Å². The monoisotopic (exact) mass is 294 g/mol. The van der Waals surface area contributed by atoms with E-state index in [4.69, 9.17) is 23.2 Å². The molecule has 0 fully saturated rings. The highest BCUT2D eigenvalue weighted by molar-refractivity contribution is 9.10. The van der Waals surface area contributed by atoms with Crippen molar-refractivity contribution in [2.75, 3.05) is 0 Å². The van der Waals surface area contributed by atoms with Gasteiger partial charge in [0.1, 0.15) is 0 Å². The maximum Gasteiger partial charge on any atom is 0.0477 e. The molecule has 1 aromatic carbocycles. The van der Waals surface area contributed by atoms with Crippen molar-refractivity contribution in [2.45, 2.75) is 26.1 Å². The van der Waals surface area contributed by atoms with Crippen LogP contribution in [0.25, 0.3) is 0 Å². The number of alkyl halides is 1. The molecule has 0 aromatic heterocycles. The standard InChI is InChI=1S/C11H13BrCl2/c1-7(2)3-10-8(6-13)4-9(12)5-11(10)14/h4-5,7H,3,6H2,1-2H3. The first-order valence-corrected chi connectivity index (χ1v) is 6.28. The number of benzene rings is 1. The van der Waals surface area contributed by atoms with Crippen LogP contribution in [-0.4, -0.2) is 0 Å². The summed E-state index contributed by atoms with van der Waals surface area (Å²) in [5, 5.41) is 0.809. The first-order valence-electron chi connectivity index (χ1n) is 4.57. The van der Waals surface area contributed by atoms with Gasteiger partial charge in [0.2, 0.25) is 0 Å². The Hall–Kier alpha value is 0.280. The third-order valence-corrected chi connectivity index (χ3v) is 3.09. The maximum absolute atomic E-state index is 6.17. The van der Waals surface area contributed by atoms with E-state index in [0.717, 1.165) is 21.5 Å². The first-order chi connectivity index (χ1) is 6.54. The topological polar surface area (TPSA) is 0 Å². The van der Waals surface area contributed by atoms with Crippen molar-refractivity contribution >= 4 is 39.1 Å². The zero-order valence-electron chi connectivity index (χ0n) is 8.28. The molecule has 78 valence electrons. The Balaban J connectivity index is 3.11. The van der Waals surface area contributed by atoms with Gasteiger partial charge in [-0.3, -0.25) is 0 Å². The quantitative estimate of drug-likeness (QED) is 0.685. The minimum Gasteiger partial charge on any atom is -0.122 e. The average Bonchev–Trinajstić information content (AvgIpc) is 2.08. The van der Waals surface area contributed by atoms with Gasteiger partial charge in [0.25, 0.3) is 0 Å². The molecule has 3 heteroatoms. The van der Waals surface area contributed by atoms with E-state index >= 15 is 0 Å². The summed E-state index contributed by atoms with van der Waals surface area (Å²) in [5.41, 5.74) is 2.31. The van der Waals surface area contributed by atoms with Crippen LogP contribution in [0.15, 0.2) is 16.6 Å². The zero-order chi connectivity index (χ0) is 10.7. The van der Waals surface area contributed by atoms with Gasteiger partial charge in [-0.1, -0.05) is 41.4 Å². The summed E-state index contributed by atoms with van der Waals surface area (Å²) >= 11 is 15.5. The van der Waals surface area contributed by atoms with Crippen LogP contribution in [0.2, 0.25) is 5.02 Å². The lowest BCUT2D eigenvalue weighted by Crippen LogP contribution is -1.99. The summed E-state index contributed by atoms with van der Waals surface area (Å²) in [6.07, 6.45) is 0.980. The van der Waals surface area contributed by atoms with Crippen LogP contribution >= 0.6 is 39.1 Å². The van der Waals surface area contributed by atoms with Crippen molar-refractivity contribution in [2.24, 2.45) is 5.92 Å². The second-order valence-electron chi connectivity index (χ2n) is 3.76. The summed E-state index contributed by atoms with van der Waals surface area (Å²) in [5.74, 6) is 1.11. The number of hydrogen-bond donors (Lipinski definition) is 0. The molecular weight excluding hydrogens is 283 g/mol. The molecule has 14 heavy (non-hydrogen) atoms. The molecule has 0 spiro atoms. The van der Waals surface area contributed by atoms with E-state index in [1.54, 1.807) is 0 Å². The molecule has 0 radical (unpaired) electrons. The molecule has 0 saturated heterocycles. The van der Waals surface area contributed by atoms with Crippen molar-refractivity contribution in [1.29, 1.82) is 0 Å². The van der Waals surface area contributed by atoms with E-state index in [1.165, 1.54) is 5.56 Å². The number of hydrogen-bond acceptors (Lipinski definition) is 0. The molecule has 0 unspecified atom stereocenters. The fourth-order valence-electron chi connectivity index (χ4n) is 1.41. The summed E-state index contributed by atoms with van der Waals surface area (Å²) in [6.45, 7) is 4.35. The Bertz CT molecular complexity index is 321.